The molecule has 3 rings (SSSR count). The maximum absolute atomic E-state index is 13.5. The van der Waals surface area contributed by atoms with Crippen molar-refractivity contribution in [3.05, 3.63) is 11.6 Å². The molecule has 2 fully saturated rings. The topological polar surface area (TPSA) is 27.3 Å². The Hall–Kier alpha value is -0.450. The average molecular weight is 211 g/mol. The van der Waals surface area contributed by atoms with Crippen molar-refractivity contribution in [3.63, 3.8) is 0 Å². The summed E-state index contributed by atoms with van der Waals surface area (Å²) in [5.74, 6) is 0. The number of nitrogens with one attached hydrogen (secondary N) is 2. The Kier molecular flexibility index (Phi) is 2.50. The van der Waals surface area contributed by atoms with E-state index in [-0.39, 0.29) is 6.17 Å². The zero-order valence-corrected chi connectivity index (χ0v) is 8.88. The van der Waals surface area contributed by atoms with Crippen LogP contribution in [-0.2, 0) is 0 Å². The molecule has 0 amide bonds. The number of fused-ring (bicyclic) bond motifs is 1. The van der Waals surface area contributed by atoms with Gasteiger partial charge >= 0.3 is 0 Å². The van der Waals surface area contributed by atoms with Crippen LogP contribution in [0.1, 0.15) is 12.8 Å². The zero-order chi connectivity index (χ0) is 10.3. The van der Waals surface area contributed by atoms with Crippen LogP contribution in [0.2, 0.25) is 0 Å². The highest BCUT2D eigenvalue weighted by atomic mass is 19.1. The summed E-state index contributed by atoms with van der Waals surface area (Å²) in [6.45, 7) is 3.88. The van der Waals surface area contributed by atoms with Gasteiger partial charge in [-0.2, -0.15) is 0 Å². The molecule has 15 heavy (non-hydrogen) atoms. The molecule has 0 aromatic carbocycles. The molecule has 0 aliphatic carbocycles. The number of halogens is 1. The van der Waals surface area contributed by atoms with E-state index in [2.05, 4.69) is 21.6 Å². The van der Waals surface area contributed by atoms with Crippen molar-refractivity contribution in [3.8, 4) is 0 Å². The average Bonchev–Trinajstić information content (AvgIpc) is 2.83. The van der Waals surface area contributed by atoms with Crippen LogP contribution in [-0.4, -0.2) is 49.5 Å². The first-order valence-electron chi connectivity index (χ1n) is 5.89. The smallest absolute Gasteiger partial charge is 0.130 e. The normalized spacial score (nSPS) is 41.7. The minimum Gasteiger partial charge on any atom is -0.313 e. The fraction of sp³-hybridized carbons (Fsp3) is 0.818. The summed E-state index contributed by atoms with van der Waals surface area (Å²) in [5, 5.41) is 6.68. The maximum atomic E-state index is 13.5. The van der Waals surface area contributed by atoms with Crippen LogP contribution < -0.4 is 10.6 Å². The molecule has 4 heteroatoms. The van der Waals surface area contributed by atoms with Gasteiger partial charge in [0.05, 0.1) is 6.17 Å². The van der Waals surface area contributed by atoms with Gasteiger partial charge in [0.15, 0.2) is 0 Å². The Labute approximate surface area is 89.7 Å². The summed E-state index contributed by atoms with van der Waals surface area (Å²) in [5.41, 5.74) is 1.45. The lowest BCUT2D eigenvalue weighted by molar-refractivity contribution is 0.202. The summed E-state index contributed by atoms with van der Waals surface area (Å²) in [6, 6.07) is 0.434. The summed E-state index contributed by atoms with van der Waals surface area (Å²) < 4.78 is 13.5. The first-order chi connectivity index (χ1) is 7.36. The molecule has 0 spiro atoms. The number of rotatable bonds is 1. The molecule has 0 radical (unpaired) electrons. The van der Waals surface area contributed by atoms with Gasteiger partial charge in [-0.25, -0.2) is 4.39 Å². The van der Waals surface area contributed by atoms with Gasteiger partial charge in [-0.1, -0.05) is 6.08 Å². The van der Waals surface area contributed by atoms with Gasteiger partial charge in [-0.3, -0.25) is 10.2 Å². The number of nitrogens with zero attached hydrogens (tertiary/aromatic N) is 1. The van der Waals surface area contributed by atoms with Crippen LogP contribution in [0.4, 0.5) is 4.39 Å². The van der Waals surface area contributed by atoms with E-state index in [1.54, 1.807) is 0 Å². The van der Waals surface area contributed by atoms with E-state index >= 15 is 0 Å². The Morgan fingerprint density at radius 3 is 3.20 bits per heavy atom. The molecular weight excluding hydrogens is 193 g/mol. The van der Waals surface area contributed by atoms with Crippen LogP contribution in [0.3, 0.4) is 0 Å². The molecule has 3 heterocycles. The van der Waals surface area contributed by atoms with Crippen molar-refractivity contribution in [1.29, 1.82) is 0 Å². The van der Waals surface area contributed by atoms with Gasteiger partial charge in [0, 0.05) is 25.7 Å². The van der Waals surface area contributed by atoms with Gasteiger partial charge < -0.3 is 5.32 Å². The maximum Gasteiger partial charge on any atom is 0.130 e. The lowest BCUT2D eigenvalue weighted by Gasteiger charge is -2.27. The van der Waals surface area contributed by atoms with E-state index in [1.807, 2.05) is 0 Å². The molecular formula is C11H18FN3. The second kappa shape index (κ2) is 3.85. The summed E-state index contributed by atoms with van der Waals surface area (Å²) in [6.07, 6.45) is 3.44. The monoisotopic (exact) mass is 211 g/mol. The van der Waals surface area contributed by atoms with E-state index in [0.717, 1.165) is 32.6 Å². The van der Waals surface area contributed by atoms with E-state index < -0.39 is 6.17 Å². The highest BCUT2D eigenvalue weighted by Gasteiger charge is 2.43. The van der Waals surface area contributed by atoms with E-state index in [9.17, 15) is 4.39 Å². The fourth-order valence-electron chi connectivity index (χ4n) is 2.98. The SMILES string of the molecule is FC1CCN2C(C3=CCCNC3)CNC12. The molecule has 3 nitrogen and oxygen atoms in total. The van der Waals surface area contributed by atoms with Gasteiger partial charge in [0.1, 0.15) is 6.17 Å². The lowest BCUT2D eigenvalue weighted by atomic mass is 10.0. The second-order valence-electron chi connectivity index (χ2n) is 4.66. The van der Waals surface area contributed by atoms with Crippen molar-refractivity contribution in [1.82, 2.24) is 15.5 Å². The van der Waals surface area contributed by atoms with Crippen LogP contribution in [0.5, 0.6) is 0 Å². The molecule has 0 saturated carbocycles. The third kappa shape index (κ3) is 1.61. The summed E-state index contributed by atoms with van der Waals surface area (Å²) in [4.78, 5) is 2.30. The Morgan fingerprint density at radius 1 is 1.47 bits per heavy atom. The van der Waals surface area contributed by atoms with Gasteiger partial charge in [-0.15, -0.1) is 0 Å². The van der Waals surface area contributed by atoms with Crippen LogP contribution >= 0.6 is 0 Å². The molecule has 0 bridgehead atoms. The molecule has 3 aliphatic heterocycles. The quantitative estimate of drug-likeness (QED) is 0.609. The third-order valence-corrected chi connectivity index (χ3v) is 3.77. The van der Waals surface area contributed by atoms with E-state index in [4.69, 9.17) is 0 Å². The van der Waals surface area contributed by atoms with Gasteiger partial charge in [0.2, 0.25) is 0 Å². The van der Waals surface area contributed by atoms with Crippen LogP contribution in [0, 0.1) is 0 Å². The van der Waals surface area contributed by atoms with Gasteiger partial charge in [0.25, 0.3) is 0 Å². The van der Waals surface area contributed by atoms with Crippen molar-refractivity contribution < 1.29 is 4.39 Å². The van der Waals surface area contributed by atoms with Crippen molar-refractivity contribution in [2.45, 2.75) is 31.2 Å². The molecule has 3 atom stereocenters. The van der Waals surface area contributed by atoms with Crippen LogP contribution in [0.25, 0.3) is 0 Å². The zero-order valence-electron chi connectivity index (χ0n) is 8.88. The second-order valence-corrected chi connectivity index (χ2v) is 4.66. The first-order valence-corrected chi connectivity index (χ1v) is 5.89. The van der Waals surface area contributed by atoms with Gasteiger partial charge in [-0.05, 0) is 25.0 Å². The van der Waals surface area contributed by atoms with Crippen molar-refractivity contribution >= 4 is 0 Å². The molecule has 3 aliphatic rings. The number of hydrogen-bond donors (Lipinski definition) is 2. The Morgan fingerprint density at radius 2 is 2.40 bits per heavy atom. The van der Waals surface area contributed by atoms with E-state index in [0.29, 0.717) is 12.5 Å². The molecule has 3 unspecified atom stereocenters. The molecule has 84 valence electrons. The minimum absolute atomic E-state index is 0.0159. The fourth-order valence-corrected chi connectivity index (χ4v) is 2.98. The molecule has 0 aromatic rings. The van der Waals surface area contributed by atoms with Crippen LogP contribution in [0.15, 0.2) is 11.6 Å². The highest BCUT2D eigenvalue weighted by molar-refractivity contribution is 5.20. The van der Waals surface area contributed by atoms with Crippen molar-refractivity contribution in [2.24, 2.45) is 0 Å². The lowest BCUT2D eigenvalue weighted by Crippen LogP contribution is -2.40. The van der Waals surface area contributed by atoms with Crippen molar-refractivity contribution in [2.75, 3.05) is 26.2 Å². The molecule has 2 N–H and O–H groups in total. The predicted molar refractivity (Wildman–Crippen MR) is 57.4 cm³/mol. The molecule has 0 aromatic heterocycles. The minimum atomic E-state index is -0.674. The molecule has 2 saturated heterocycles. The largest absolute Gasteiger partial charge is 0.313 e. The highest BCUT2D eigenvalue weighted by Crippen LogP contribution is 2.29. The first kappa shape index (κ1) is 9.75. The number of hydrogen-bond acceptors (Lipinski definition) is 3. The summed E-state index contributed by atoms with van der Waals surface area (Å²) >= 11 is 0. The third-order valence-electron chi connectivity index (χ3n) is 3.77. The standard InChI is InChI=1S/C11H18FN3/c12-9-3-5-15-10(7-14-11(9)15)8-2-1-4-13-6-8/h2,9-11,13-14H,1,3-7H2. The summed E-state index contributed by atoms with van der Waals surface area (Å²) in [7, 11) is 0. The van der Waals surface area contributed by atoms with E-state index in [1.165, 1.54) is 5.57 Å². The Bertz CT molecular complexity index is 279. The number of alkyl halides is 1. The Balaban J connectivity index is 1.75. The predicted octanol–water partition coefficient (Wildman–Crippen LogP) is 0.248.